The van der Waals surface area contributed by atoms with E-state index >= 15 is 0 Å². The molecule has 1 atom stereocenters. The van der Waals surface area contributed by atoms with Crippen molar-refractivity contribution in [2.45, 2.75) is 32.7 Å². The average Bonchev–Trinajstić information content (AvgIpc) is 2.17. The summed E-state index contributed by atoms with van der Waals surface area (Å²) in [7, 11) is 0. The van der Waals surface area contributed by atoms with E-state index in [2.05, 4.69) is 51.3 Å². The van der Waals surface area contributed by atoms with Crippen molar-refractivity contribution in [2.24, 2.45) is 0 Å². The van der Waals surface area contributed by atoms with Crippen LogP contribution in [0, 0.1) is 0 Å². The van der Waals surface area contributed by atoms with Crippen molar-refractivity contribution < 1.29 is 0 Å². The van der Waals surface area contributed by atoms with Crippen LogP contribution in [0.5, 0.6) is 0 Å². The summed E-state index contributed by atoms with van der Waals surface area (Å²) in [6, 6.07) is 2.35. The van der Waals surface area contributed by atoms with Gasteiger partial charge < -0.3 is 5.32 Å². The highest BCUT2D eigenvalue weighted by Gasteiger charge is 2.05. The Kier molecular flexibility index (Phi) is 6.13. The number of hydrogen-bond acceptors (Lipinski definition) is 4. The fourth-order valence-corrected chi connectivity index (χ4v) is 2.42. The van der Waals surface area contributed by atoms with Crippen molar-refractivity contribution >= 4 is 33.5 Å². The Hall–Kier alpha value is -0.290. The first-order valence-electron chi connectivity index (χ1n) is 5.44. The molecule has 90 valence electrons. The third kappa shape index (κ3) is 4.70. The molecule has 5 heteroatoms. The highest BCUT2D eigenvalue weighted by atomic mass is 79.9. The van der Waals surface area contributed by atoms with Crippen molar-refractivity contribution in [3.05, 3.63) is 16.5 Å². The van der Waals surface area contributed by atoms with E-state index in [1.807, 2.05) is 17.8 Å². The first-order chi connectivity index (χ1) is 7.65. The van der Waals surface area contributed by atoms with E-state index in [-0.39, 0.29) is 0 Å². The van der Waals surface area contributed by atoms with Gasteiger partial charge in [0, 0.05) is 24.3 Å². The number of anilines is 1. The van der Waals surface area contributed by atoms with E-state index in [0.717, 1.165) is 34.8 Å². The Morgan fingerprint density at radius 2 is 2.25 bits per heavy atom. The van der Waals surface area contributed by atoms with Gasteiger partial charge in [-0.15, -0.1) is 0 Å². The molecule has 0 saturated heterocycles. The lowest BCUT2D eigenvalue weighted by Gasteiger charge is -2.13. The van der Waals surface area contributed by atoms with Gasteiger partial charge in [-0.2, -0.15) is 11.8 Å². The Morgan fingerprint density at radius 3 is 2.88 bits per heavy atom. The predicted molar refractivity (Wildman–Crippen MR) is 75.2 cm³/mol. The zero-order valence-corrected chi connectivity index (χ0v) is 12.4. The van der Waals surface area contributed by atoms with Crippen LogP contribution in [0.25, 0.3) is 0 Å². The van der Waals surface area contributed by atoms with Crippen LogP contribution >= 0.6 is 27.7 Å². The monoisotopic (exact) mass is 303 g/mol. The van der Waals surface area contributed by atoms with E-state index in [0.29, 0.717) is 6.04 Å². The number of rotatable bonds is 6. The summed E-state index contributed by atoms with van der Waals surface area (Å²) in [5.74, 6) is 2.88. The standard InChI is InChI=1S/C11H18BrN3S/c1-4-5-10-14-9(12)6-11(15-10)13-8(2)7-16-3/h6,8H,4-5,7H2,1-3H3,(H,13,14,15). The zero-order valence-electron chi connectivity index (χ0n) is 9.96. The molecule has 1 aromatic heterocycles. The maximum Gasteiger partial charge on any atom is 0.132 e. The van der Waals surface area contributed by atoms with Gasteiger partial charge in [0.2, 0.25) is 0 Å². The van der Waals surface area contributed by atoms with Gasteiger partial charge in [-0.3, -0.25) is 0 Å². The van der Waals surface area contributed by atoms with Gasteiger partial charge in [0.1, 0.15) is 16.2 Å². The Labute approximate surface area is 110 Å². The summed E-state index contributed by atoms with van der Waals surface area (Å²) in [6.45, 7) is 4.29. The molecule has 1 heterocycles. The Bertz CT molecular complexity index is 333. The molecule has 0 aliphatic heterocycles. The summed E-state index contributed by atoms with van der Waals surface area (Å²) in [5.41, 5.74) is 0. The minimum absolute atomic E-state index is 0.422. The van der Waals surface area contributed by atoms with Crippen molar-refractivity contribution in [3.63, 3.8) is 0 Å². The van der Waals surface area contributed by atoms with Crippen LogP contribution in [0.4, 0.5) is 5.82 Å². The van der Waals surface area contributed by atoms with Crippen LogP contribution in [0.3, 0.4) is 0 Å². The second kappa shape index (κ2) is 7.12. The number of aryl methyl sites for hydroxylation is 1. The van der Waals surface area contributed by atoms with Crippen molar-refractivity contribution in [1.82, 2.24) is 9.97 Å². The lowest BCUT2D eigenvalue weighted by molar-refractivity contribution is 0.819. The van der Waals surface area contributed by atoms with Gasteiger partial charge in [0.05, 0.1) is 0 Å². The Balaban J connectivity index is 2.71. The van der Waals surface area contributed by atoms with Crippen LogP contribution < -0.4 is 5.32 Å². The van der Waals surface area contributed by atoms with Crippen molar-refractivity contribution in [2.75, 3.05) is 17.3 Å². The minimum Gasteiger partial charge on any atom is -0.367 e. The van der Waals surface area contributed by atoms with E-state index in [9.17, 15) is 0 Å². The van der Waals surface area contributed by atoms with Crippen LogP contribution in [-0.4, -0.2) is 28.0 Å². The third-order valence-corrected chi connectivity index (χ3v) is 3.27. The summed E-state index contributed by atoms with van der Waals surface area (Å²) < 4.78 is 0.852. The molecule has 1 unspecified atom stereocenters. The molecule has 0 radical (unpaired) electrons. The van der Waals surface area contributed by atoms with Gasteiger partial charge >= 0.3 is 0 Å². The number of thioether (sulfide) groups is 1. The maximum absolute atomic E-state index is 4.48. The van der Waals surface area contributed by atoms with Gasteiger partial charge in [0.15, 0.2) is 0 Å². The molecular weight excluding hydrogens is 286 g/mol. The molecule has 0 aromatic carbocycles. The van der Waals surface area contributed by atoms with Gasteiger partial charge in [-0.25, -0.2) is 9.97 Å². The SMILES string of the molecule is CCCc1nc(Br)cc(NC(C)CSC)n1. The normalized spacial score (nSPS) is 12.5. The molecule has 0 bridgehead atoms. The van der Waals surface area contributed by atoms with Crippen molar-refractivity contribution in [1.29, 1.82) is 0 Å². The molecular formula is C11H18BrN3S. The average molecular weight is 304 g/mol. The summed E-state index contributed by atoms with van der Waals surface area (Å²) in [5, 5.41) is 3.38. The molecule has 1 N–H and O–H groups in total. The summed E-state index contributed by atoms with van der Waals surface area (Å²) >= 11 is 5.25. The number of nitrogens with zero attached hydrogens (tertiary/aromatic N) is 2. The third-order valence-electron chi connectivity index (χ3n) is 2.03. The molecule has 0 saturated carbocycles. The quantitative estimate of drug-likeness (QED) is 0.818. The molecule has 0 spiro atoms. The lowest BCUT2D eigenvalue weighted by Crippen LogP contribution is -2.19. The van der Waals surface area contributed by atoms with Crippen LogP contribution in [0.1, 0.15) is 26.1 Å². The predicted octanol–water partition coefficient (Wildman–Crippen LogP) is 3.36. The minimum atomic E-state index is 0.422. The van der Waals surface area contributed by atoms with Crippen LogP contribution in [0.2, 0.25) is 0 Å². The Morgan fingerprint density at radius 1 is 1.50 bits per heavy atom. The summed E-state index contributed by atoms with van der Waals surface area (Å²) in [4.78, 5) is 8.82. The molecule has 1 rings (SSSR count). The number of nitrogens with one attached hydrogen (secondary N) is 1. The zero-order chi connectivity index (χ0) is 12.0. The largest absolute Gasteiger partial charge is 0.367 e. The maximum atomic E-state index is 4.48. The second-order valence-electron chi connectivity index (χ2n) is 3.74. The topological polar surface area (TPSA) is 37.8 Å². The molecule has 0 aliphatic rings. The molecule has 16 heavy (non-hydrogen) atoms. The lowest BCUT2D eigenvalue weighted by atomic mass is 10.3. The van der Waals surface area contributed by atoms with Crippen molar-refractivity contribution in [3.8, 4) is 0 Å². The van der Waals surface area contributed by atoms with Gasteiger partial charge in [-0.05, 0) is 35.5 Å². The summed E-state index contributed by atoms with van der Waals surface area (Å²) in [6.07, 6.45) is 4.10. The number of aromatic nitrogens is 2. The fraction of sp³-hybridized carbons (Fsp3) is 0.636. The molecule has 0 aliphatic carbocycles. The highest BCUT2D eigenvalue weighted by Crippen LogP contribution is 2.14. The molecule has 3 nitrogen and oxygen atoms in total. The van der Waals surface area contributed by atoms with E-state index in [1.54, 1.807) is 0 Å². The van der Waals surface area contributed by atoms with Gasteiger partial charge in [0.25, 0.3) is 0 Å². The number of hydrogen-bond donors (Lipinski definition) is 1. The highest BCUT2D eigenvalue weighted by molar-refractivity contribution is 9.10. The molecule has 0 fully saturated rings. The van der Waals surface area contributed by atoms with E-state index in [1.165, 1.54) is 0 Å². The van der Waals surface area contributed by atoms with Crippen LogP contribution in [-0.2, 0) is 6.42 Å². The van der Waals surface area contributed by atoms with E-state index < -0.39 is 0 Å². The van der Waals surface area contributed by atoms with E-state index in [4.69, 9.17) is 0 Å². The molecule has 1 aromatic rings. The smallest absolute Gasteiger partial charge is 0.132 e. The first-order valence-corrected chi connectivity index (χ1v) is 7.63. The number of halogens is 1. The van der Waals surface area contributed by atoms with Crippen LogP contribution in [0.15, 0.2) is 10.7 Å². The second-order valence-corrected chi connectivity index (χ2v) is 5.47. The molecule has 0 amide bonds. The van der Waals surface area contributed by atoms with Gasteiger partial charge in [-0.1, -0.05) is 6.92 Å². The fourth-order valence-electron chi connectivity index (χ4n) is 1.42. The first kappa shape index (κ1) is 13.8.